The molecule has 0 fully saturated rings. The van der Waals surface area contributed by atoms with E-state index in [4.69, 9.17) is 0 Å². The van der Waals surface area contributed by atoms with Crippen molar-refractivity contribution in [3.05, 3.63) is 30.1 Å². The summed E-state index contributed by atoms with van der Waals surface area (Å²) in [6.45, 7) is 1.55. The molecule has 1 heterocycles. The number of carbonyl (C=O) groups is 2. The van der Waals surface area contributed by atoms with Crippen LogP contribution in [0.15, 0.2) is 24.5 Å². The van der Waals surface area contributed by atoms with E-state index in [1.54, 1.807) is 0 Å². The quantitative estimate of drug-likeness (QED) is 0.423. The predicted molar refractivity (Wildman–Crippen MR) is 49.7 cm³/mol. The first-order valence-corrected chi connectivity index (χ1v) is 4.38. The van der Waals surface area contributed by atoms with Crippen LogP contribution in [0.4, 0.5) is 4.39 Å². The van der Waals surface area contributed by atoms with Gasteiger partial charge >= 0.3 is 5.97 Å². The maximum Gasteiger partial charge on any atom is 0.356 e. The van der Waals surface area contributed by atoms with Crippen molar-refractivity contribution in [3.63, 3.8) is 0 Å². The van der Waals surface area contributed by atoms with Gasteiger partial charge in [-0.05, 0) is 19.1 Å². The van der Waals surface area contributed by atoms with Gasteiger partial charge in [-0.3, -0.25) is 9.78 Å². The lowest BCUT2D eigenvalue weighted by molar-refractivity contribution is -0.159. The monoisotopic (exact) mass is 211 g/mol. The molecule has 1 aromatic heterocycles. The van der Waals surface area contributed by atoms with Gasteiger partial charge in [0.1, 0.15) is 0 Å². The molecule has 1 atom stereocenters. The molecule has 4 nitrogen and oxygen atoms in total. The molecule has 0 saturated carbocycles. The second kappa shape index (κ2) is 4.63. The highest BCUT2D eigenvalue weighted by Gasteiger charge is 2.42. The zero-order valence-electron chi connectivity index (χ0n) is 8.14. The third kappa shape index (κ3) is 2.18. The summed E-state index contributed by atoms with van der Waals surface area (Å²) in [4.78, 5) is 25.6. The first kappa shape index (κ1) is 11.3. The Kier molecular flexibility index (Phi) is 3.49. The highest BCUT2D eigenvalue weighted by Crippen LogP contribution is 2.24. The molecule has 0 N–H and O–H groups in total. The zero-order valence-corrected chi connectivity index (χ0v) is 8.14. The minimum absolute atomic E-state index is 0.0173. The van der Waals surface area contributed by atoms with Crippen LogP contribution in [0.1, 0.15) is 12.5 Å². The maximum atomic E-state index is 14.0. The molecular formula is C10H10FNO3. The standard InChI is InChI=1S/C10H10FNO3/c1-2-15-9(14)10(11,7-13)8-3-5-12-6-4-8/h3-7H,2H2,1H3. The summed E-state index contributed by atoms with van der Waals surface area (Å²) >= 11 is 0. The number of ether oxygens (including phenoxy) is 1. The average molecular weight is 211 g/mol. The van der Waals surface area contributed by atoms with Gasteiger partial charge in [-0.15, -0.1) is 0 Å². The van der Waals surface area contributed by atoms with Crippen molar-refractivity contribution in [2.75, 3.05) is 6.61 Å². The van der Waals surface area contributed by atoms with E-state index in [2.05, 4.69) is 9.72 Å². The molecule has 80 valence electrons. The summed E-state index contributed by atoms with van der Waals surface area (Å²) in [5.41, 5.74) is -2.81. The molecule has 0 aliphatic carbocycles. The topological polar surface area (TPSA) is 56.3 Å². The summed E-state index contributed by atoms with van der Waals surface area (Å²) in [5, 5.41) is 0. The number of hydrogen-bond acceptors (Lipinski definition) is 4. The molecule has 1 aromatic rings. The number of alkyl halides is 1. The van der Waals surface area contributed by atoms with Gasteiger partial charge in [0.2, 0.25) is 0 Å². The Morgan fingerprint density at radius 3 is 2.67 bits per heavy atom. The highest BCUT2D eigenvalue weighted by atomic mass is 19.1. The van der Waals surface area contributed by atoms with Gasteiger partial charge in [0, 0.05) is 18.0 Å². The first-order chi connectivity index (χ1) is 7.15. The summed E-state index contributed by atoms with van der Waals surface area (Å²) in [6.07, 6.45) is 2.53. The predicted octanol–water partition coefficient (Wildman–Crippen LogP) is 1.01. The second-order valence-corrected chi connectivity index (χ2v) is 2.79. The van der Waals surface area contributed by atoms with Crippen molar-refractivity contribution in [1.29, 1.82) is 0 Å². The van der Waals surface area contributed by atoms with Crippen LogP contribution in [0.25, 0.3) is 0 Å². The molecule has 0 spiro atoms. The molecule has 0 aromatic carbocycles. The molecule has 5 heteroatoms. The molecule has 0 aliphatic rings. The minimum Gasteiger partial charge on any atom is -0.463 e. The molecule has 0 saturated heterocycles. The number of halogens is 1. The molecule has 15 heavy (non-hydrogen) atoms. The molecule has 0 aliphatic heterocycles. The number of pyridine rings is 1. The Morgan fingerprint density at radius 2 is 2.20 bits per heavy atom. The van der Waals surface area contributed by atoms with Crippen molar-refractivity contribution in [1.82, 2.24) is 4.98 Å². The first-order valence-electron chi connectivity index (χ1n) is 4.38. The molecule has 0 radical (unpaired) electrons. The van der Waals surface area contributed by atoms with Crippen LogP contribution in [0.5, 0.6) is 0 Å². The Bertz CT molecular complexity index is 355. The maximum absolute atomic E-state index is 14.0. The van der Waals surface area contributed by atoms with Gasteiger partial charge in [0.15, 0.2) is 6.29 Å². The van der Waals surface area contributed by atoms with Crippen LogP contribution >= 0.6 is 0 Å². The third-order valence-electron chi connectivity index (χ3n) is 1.84. The fourth-order valence-electron chi connectivity index (χ4n) is 1.06. The normalized spacial score (nSPS) is 14.0. The Labute approximate surface area is 86.1 Å². The number of carbonyl (C=O) groups excluding carboxylic acids is 2. The molecule has 1 unspecified atom stereocenters. The van der Waals surface area contributed by atoms with Crippen LogP contribution in [0.2, 0.25) is 0 Å². The van der Waals surface area contributed by atoms with E-state index in [9.17, 15) is 14.0 Å². The smallest absolute Gasteiger partial charge is 0.356 e. The number of rotatable bonds is 4. The van der Waals surface area contributed by atoms with Crippen LogP contribution in [0, 0.1) is 0 Å². The molecular weight excluding hydrogens is 201 g/mol. The van der Waals surface area contributed by atoms with E-state index < -0.39 is 11.6 Å². The summed E-state index contributed by atoms with van der Waals surface area (Å²) in [7, 11) is 0. The summed E-state index contributed by atoms with van der Waals surface area (Å²) in [6, 6.07) is 2.51. The fraction of sp³-hybridized carbons (Fsp3) is 0.300. The summed E-state index contributed by atoms with van der Waals surface area (Å²) in [5.74, 6) is -1.20. The molecule has 0 amide bonds. The van der Waals surface area contributed by atoms with Gasteiger partial charge < -0.3 is 4.74 Å². The Hall–Kier alpha value is -1.78. The van der Waals surface area contributed by atoms with E-state index in [1.807, 2.05) is 0 Å². The number of nitrogens with zero attached hydrogens (tertiary/aromatic N) is 1. The number of hydrogen-bond donors (Lipinski definition) is 0. The lowest BCUT2D eigenvalue weighted by Crippen LogP contribution is -2.34. The van der Waals surface area contributed by atoms with Crippen molar-refractivity contribution >= 4 is 12.3 Å². The van der Waals surface area contributed by atoms with Crippen molar-refractivity contribution in [2.45, 2.75) is 12.6 Å². The number of aromatic nitrogens is 1. The van der Waals surface area contributed by atoms with E-state index in [-0.39, 0.29) is 18.5 Å². The lowest BCUT2D eigenvalue weighted by Gasteiger charge is -2.16. The summed E-state index contributed by atoms with van der Waals surface area (Å²) < 4.78 is 18.5. The number of esters is 1. The Morgan fingerprint density at radius 1 is 1.60 bits per heavy atom. The second-order valence-electron chi connectivity index (χ2n) is 2.79. The SMILES string of the molecule is CCOC(=O)C(F)(C=O)c1ccncc1. The van der Waals surface area contributed by atoms with Crippen molar-refractivity contribution < 1.29 is 18.7 Å². The Balaban J connectivity index is 3.05. The van der Waals surface area contributed by atoms with E-state index >= 15 is 0 Å². The van der Waals surface area contributed by atoms with E-state index in [0.717, 1.165) is 0 Å². The van der Waals surface area contributed by atoms with Crippen LogP contribution in [-0.2, 0) is 20.0 Å². The lowest BCUT2D eigenvalue weighted by atomic mass is 9.99. The largest absolute Gasteiger partial charge is 0.463 e. The average Bonchev–Trinajstić information content (AvgIpc) is 2.29. The van der Waals surface area contributed by atoms with Gasteiger partial charge in [0.25, 0.3) is 5.67 Å². The zero-order chi connectivity index (χ0) is 11.3. The number of aldehydes is 1. The van der Waals surface area contributed by atoms with E-state index in [1.165, 1.54) is 31.5 Å². The minimum atomic E-state index is -2.74. The van der Waals surface area contributed by atoms with Gasteiger partial charge in [-0.1, -0.05) is 0 Å². The van der Waals surface area contributed by atoms with Crippen molar-refractivity contribution in [2.24, 2.45) is 0 Å². The molecule has 0 bridgehead atoms. The van der Waals surface area contributed by atoms with Crippen LogP contribution in [-0.4, -0.2) is 23.8 Å². The van der Waals surface area contributed by atoms with Gasteiger partial charge in [0.05, 0.1) is 6.61 Å². The van der Waals surface area contributed by atoms with Gasteiger partial charge in [-0.25, -0.2) is 9.18 Å². The third-order valence-corrected chi connectivity index (χ3v) is 1.84. The fourth-order valence-corrected chi connectivity index (χ4v) is 1.06. The van der Waals surface area contributed by atoms with Crippen LogP contribution < -0.4 is 0 Å². The van der Waals surface area contributed by atoms with E-state index in [0.29, 0.717) is 0 Å². The highest BCUT2D eigenvalue weighted by molar-refractivity contribution is 5.97. The van der Waals surface area contributed by atoms with Gasteiger partial charge in [-0.2, -0.15) is 0 Å². The van der Waals surface area contributed by atoms with Crippen molar-refractivity contribution in [3.8, 4) is 0 Å². The molecule has 1 rings (SSSR count). The van der Waals surface area contributed by atoms with Crippen LogP contribution in [0.3, 0.4) is 0 Å².